The Morgan fingerprint density at radius 3 is 2.82 bits per heavy atom. The molecule has 0 radical (unpaired) electrons. The molecule has 0 saturated carbocycles. The summed E-state index contributed by atoms with van der Waals surface area (Å²) in [7, 11) is 1.60. The van der Waals surface area contributed by atoms with Crippen molar-refractivity contribution in [3.63, 3.8) is 0 Å². The number of hydrogen-bond donors (Lipinski definition) is 1. The lowest BCUT2D eigenvalue weighted by Gasteiger charge is -2.30. The zero-order valence-corrected chi connectivity index (χ0v) is 16.5. The van der Waals surface area contributed by atoms with Gasteiger partial charge in [-0.3, -0.25) is 9.59 Å². The molecule has 8 nitrogen and oxygen atoms in total. The normalized spacial score (nSPS) is 15.0. The highest BCUT2D eigenvalue weighted by Gasteiger charge is 2.27. The molecule has 1 amide bonds. The Labute approximate surface area is 165 Å². The molecule has 9 heteroatoms. The molecule has 3 aromatic rings. The van der Waals surface area contributed by atoms with E-state index in [0.717, 1.165) is 23.7 Å². The summed E-state index contributed by atoms with van der Waals surface area (Å²) in [5.74, 6) is 0.674. The van der Waals surface area contributed by atoms with Crippen molar-refractivity contribution in [3.8, 4) is 5.75 Å². The number of benzene rings is 1. The molecule has 0 bridgehead atoms. The zero-order valence-electron chi connectivity index (χ0n) is 15.7. The molecule has 4 rings (SSSR count). The third-order valence-electron chi connectivity index (χ3n) is 4.84. The monoisotopic (exact) mass is 399 g/mol. The number of carbonyl (C=O) groups excluding carboxylic acids is 1. The number of amides is 1. The van der Waals surface area contributed by atoms with Crippen molar-refractivity contribution in [2.75, 3.05) is 30.4 Å². The Morgan fingerprint density at radius 1 is 1.29 bits per heavy atom. The third kappa shape index (κ3) is 3.70. The van der Waals surface area contributed by atoms with Crippen LogP contribution in [-0.2, 0) is 4.79 Å². The first-order valence-corrected chi connectivity index (χ1v) is 9.92. The van der Waals surface area contributed by atoms with Gasteiger partial charge in [0.1, 0.15) is 5.75 Å². The van der Waals surface area contributed by atoms with E-state index < -0.39 is 0 Å². The maximum absolute atomic E-state index is 12.6. The fraction of sp³-hybridized carbons (Fsp3) is 0.368. The van der Waals surface area contributed by atoms with Crippen LogP contribution in [0.1, 0.15) is 18.5 Å². The SMILES string of the molecule is COc1cccc(NC(=O)C2CCN(c3nn4c(=O)cc(C)nc4s3)CC2)c1. The summed E-state index contributed by atoms with van der Waals surface area (Å²) in [4.78, 5) is 31.7. The van der Waals surface area contributed by atoms with Crippen molar-refractivity contribution in [2.24, 2.45) is 5.92 Å². The van der Waals surface area contributed by atoms with Crippen LogP contribution in [0.4, 0.5) is 10.8 Å². The lowest BCUT2D eigenvalue weighted by atomic mass is 9.96. The fourth-order valence-corrected chi connectivity index (χ4v) is 4.32. The Morgan fingerprint density at radius 2 is 2.07 bits per heavy atom. The molecule has 28 heavy (non-hydrogen) atoms. The van der Waals surface area contributed by atoms with Gasteiger partial charge in [-0.25, -0.2) is 4.98 Å². The van der Waals surface area contributed by atoms with Gasteiger partial charge in [-0.2, -0.15) is 4.52 Å². The van der Waals surface area contributed by atoms with Crippen molar-refractivity contribution in [1.82, 2.24) is 14.6 Å². The Bertz CT molecular complexity index is 1070. The second kappa shape index (κ2) is 7.59. The number of aromatic nitrogens is 3. The van der Waals surface area contributed by atoms with Gasteiger partial charge in [0.2, 0.25) is 16.0 Å². The van der Waals surface area contributed by atoms with Crippen LogP contribution in [0.2, 0.25) is 0 Å². The van der Waals surface area contributed by atoms with E-state index in [4.69, 9.17) is 4.74 Å². The van der Waals surface area contributed by atoms with Crippen LogP contribution in [-0.4, -0.2) is 40.7 Å². The van der Waals surface area contributed by atoms with Gasteiger partial charge in [0.05, 0.1) is 7.11 Å². The average molecular weight is 399 g/mol. The van der Waals surface area contributed by atoms with Crippen LogP contribution in [0.25, 0.3) is 4.96 Å². The number of ether oxygens (including phenoxy) is 1. The van der Waals surface area contributed by atoms with Crippen molar-refractivity contribution >= 4 is 33.0 Å². The van der Waals surface area contributed by atoms with E-state index >= 15 is 0 Å². The lowest BCUT2D eigenvalue weighted by molar-refractivity contribution is -0.120. The van der Waals surface area contributed by atoms with Crippen LogP contribution in [0.3, 0.4) is 0 Å². The molecule has 3 heterocycles. The maximum atomic E-state index is 12.6. The molecule has 0 unspecified atom stereocenters. The van der Waals surface area contributed by atoms with Gasteiger partial charge in [0.25, 0.3) is 5.56 Å². The Balaban J connectivity index is 1.41. The first-order valence-electron chi connectivity index (χ1n) is 9.11. The number of methoxy groups -OCH3 is 1. The van der Waals surface area contributed by atoms with E-state index in [9.17, 15) is 9.59 Å². The van der Waals surface area contributed by atoms with Crippen LogP contribution >= 0.6 is 11.3 Å². The third-order valence-corrected chi connectivity index (χ3v) is 5.81. The molecule has 1 saturated heterocycles. The van der Waals surface area contributed by atoms with E-state index in [-0.39, 0.29) is 17.4 Å². The summed E-state index contributed by atoms with van der Waals surface area (Å²) in [5.41, 5.74) is 1.25. The van der Waals surface area contributed by atoms with Gasteiger partial charge >= 0.3 is 0 Å². The van der Waals surface area contributed by atoms with Crippen molar-refractivity contribution < 1.29 is 9.53 Å². The highest BCUT2D eigenvalue weighted by Crippen LogP contribution is 2.27. The van der Waals surface area contributed by atoms with Gasteiger partial charge in [-0.15, -0.1) is 5.10 Å². The predicted octanol–water partition coefficient (Wildman–Crippen LogP) is 2.32. The maximum Gasteiger partial charge on any atom is 0.275 e. The quantitative estimate of drug-likeness (QED) is 0.724. The first-order chi connectivity index (χ1) is 13.5. The van der Waals surface area contributed by atoms with Crippen molar-refractivity contribution in [2.45, 2.75) is 19.8 Å². The molecular weight excluding hydrogens is 378 g/mol. The van der Waals surface area contributed by atoms with E-state index in [2.05, 4.69) is 20.3 Å². The van der Waals surface area contributed by atoms with E-state index in [1.54, 1.807) is 20.1 Å². The fourth-order valence-electron chi connectivity index (χ4n) is 3.32. The molecule has 1 aliphatic heterocycles. The molecule has 0 aliphatic carbocycles. The van der Waals surface area contributed by atoms with Crippen molar-refractivity contribution in [1.29, 1.82) is 0 Å². The second-order valence-corrected chi connectivity index (χ2v) is 7.73. The minimum Gasteiger partial charge on any atom is -0.497 e. The molecule has 1 fully saturated rings. The number of nitrogens with one attached hydrogen (secondary N) is 1. The largest absolute Gasteiger partial charge is 0.497 e. The number of carbonyl (C=O) groups is 1. The number of hydrogen-bond acceptors (Lipinski definition) is 7. The molecular formula is C19H21N5O3S. The number of rotatable bonds is 4. The van der Waals surface area contributed by atoms with Crippen LogP contribution in [0.5, 0.6) is 5.75 Å². The van der Waals surface area contributed by atoms with Gasteiger partial charge in [-0.1, -0.05) is 17.4 Å². The summed E-state index contributed by atoms with van der Waals surface area (Å²) in [5, 5.41) is 8.14. The molecule has 146 valence electrons. The molecule has 0 atom stereocenters. The lowest BCUT2D eigenvalue weighted by Crippen LogP contribution is -2.38. The molecule has 1 N–H and O–H groups in total. The number of anilines is 2. The van der Waals surface area contributed by atoms with E-state index in [1.807, 2.05) is 18.2 Å². The zero-order chi connectivity index (χ0) is 19.7. The predicted molar refractivity (Wildman–Crippen MR) is 108 cm³/mol. The summed E-state index contributed by atoms with van der Waals surface area (Å²) >= 11 is 1.40. The standard InChI is InChI=1S/C19H21N5O3S/c1-12-10-16(25)24-18(20-12)28-19(22-24)23-8-6-13(7-9-23)17(26)21-14-4-3-5-15(11-14)27-2/h3-5,10-11,13H,6-9H2,1-2H3,(H,21,26). The van der Waals surface area contributed by atoms with Gasteiger partial charge < -0.3 is 15.0 Å². The summed E-state index contributed by atoms with van der Waals surface area (Å²) in [6.45, 7) is 3.22. The van der Waals surface area contributed by atoms with Gasteiger partial charge in [-0.05, 0) is 31.9 Å². The number of fused-ring (bicyclic) bond motifs is 1. The molecule has 0 spiro atoms. The number of nitrogens with zero attached hydrogens (tertiary/aromatic N) is 4. The van der Waals surface area contributed by atoms with E-state index in [0.29, 0.717) is 29.5 Å². The average Bonchev–Trinajstić information content (AvgIpc) is 3.12. The van der Waals surface area contributed by atoms with Crippen LogP contribution in [0, 0.1) is 12.8 Å². The van der Waals surface area contributed by atoms with Crippen LogP contribution in [0.15, 0.2) is 35.1 Å². The number of aryl methyl sites for hydroxylation is 1. The smallest absolute Gasteiger partial charge is 0.275 e. The minimum atomic E-state index is -0.169. The molecule has 2 aromatic heterocycles. The van der Waals surface area contributed by atoms with E-state index in [1.165, 1.54) is 21.9 Å². The minimum absolute atomic E-state index is 0.0192. The second-order valence-electron chi connectivity index (χ2n) is 6.80. The van der Waals surface area contributed by atoms with Crippen LogP contribution < -0.4 is 20.5 Å². The highest BCUT2D eigenvalue weighted by atomic mass is 32.1. The topological polar surface area (TPSA) is 88.8 Å². The number of piperidine rings is 1. The highest BCUT2D eigenvalue weighted by molar-refractivity contribution is 7.20. The Kier molecular flexibility index (Phi) is 4.99. The van der Waals surface area contributed by atoms with Crippen molar-refractivity contribution in [3.05, 3.63) is 46.4 Å². The molecule has 1 aliphatic rings. The first kappa shape index (κ1) is 18.4. The Hall–Kier alpha value is -2.94. The molecule has 1 aromatic carbocycles. The summed E-state index contributed by atoms with van der Waals surface area (Å²) in [6.07, 6.45) is 1.46. The van der Waals surface area contributed by atoms with Gasteiger partial charge in [0, 0.05) is 42.5 Å². The van der Waals surface area contributed by atoms with Gasteiger partial charge in [0.15, 0.2) is 0 Å². The summed E-state index contributed by atoms with van der Waals surface area (Å²) in [6, 6.07) is 8.83. The summed E-state index contributed by atoms with van der Waals surface area (Å²) < 4.78 is 6.53.